The first-order chi connectivity index (χ1) is 15.9. The number of amides is 1. The third kappa shape index (κ3) is 4.34. The van der Waals surface area contributed by atoms with Crippen molar-refractivity contribution in [3.8, 4) is 0 Å². The lowest BCUT2D eigenvalue weighted by atomic mass is 9.91. The molecule has 0 radical (unpaired) electrons. The number of aromatic nitrogens is 1. The van der Waals surface area contributed by atoms with Crippen molar-refractivity contribution in [1.29, 1.82) is 0 Å². The molecule has 1 fully saturated rings. The van der Waals surface area contributed by atoms with E-state index in [0.29, 0.717) is 15.9 Å². The van der Waals surface area contributed by atoms with E-state index in [1.54, 1.807) is 13.0 Å². The van der Waals surface area contributed by atoms with Crippen LogP contribution in [0.15, 0.2) is 44.3 Å². The van der Waals surface area contributed by atoms with Crippen LogP contribution in [0.3, 0.4) is 0 Å². The molecule has 1 amide bonds. The second-order valence-corrected chi connectivity index (χ2v) is 9.75. The third-order valence-electron chi connectivity index (χ3n) is 5.96. The van der Waals surface area contributed by atoms with Gasteiger partial charge in [0.25, 0.3) is 0 Å². The van der Waals surface area contributed by atoms with Gasteiger partial charge >= 0.3 is 11.9 Å². The van der Waals surface area contributed by atoms with Gasteiger partial charge in [-0.05, 0) is 25.0 Å². The van der Waals surface area contributed by atoms with Gasteiger partial charge in [0.15, 0.2) is 0 Å². The van der Waals surface area contributed by atoms with E-state index in [1.807, 2.05) is 13.8 Å². The molecule has 34 heavy (non-hydrogen) atoms. The Morgan fingerprint density at radius 1 is 1.32 bits per heavy atom. The second-order valence-electron chi connectivity index (χ2n) is 8.84. The molecule has 0 spiro atoms. The van der Waals surface area contributed by atoms with Gasteiger partial charge in [-0.25, -0.2) is 15.3 Å². The summed E-state index contributed by atoms with van der Waals surface area (Å²) in [5, 5.41) is 14.2. The zero-order valence-electron chi connectivity index (χ0n) is 18.6. The number of aliphatic hydroxyl groups excluding tert-OH is 1. The number of aliphatic imine (C=N–C) groups is 1. The van der Waals surface area contributed by atoms with E-state index in [2.05, 4.69) is 31.6 Å². The van der Waals surface area contributed by atoms with Crippen LogP contribution in [-0.4, -0.2) is 51.8 Å². The summed E-state index contributed by atoms with van der Waals surface area (Å²) in [6.45, 7) is 5.33. The fourth-order valence-corrected chi connectivity index (χ4v) is 4.59. The van der Waals surface area contributed by atoms with Gasteiger partial charge in [-0.3, -0.25) is 4.79 Å². The van der Waals surface area contributed by atoms with Gasteiger partial charge in [0.1, 0.15) is 17.5 Å². The highest BCUT2D eigenvalue weighted by Gasteiger charge is 2.62. The molecule has 0 aliphatic carbocycles. The molecule has 4 rings (SSSR count). The number of hydrogen-bond acceptors (Lipinski definition) is 7. The fourth-order valence-electron chi connectivity index (χ4n) is 4.33. The van der Waals surface area contributed by atoms with E-state index >= 15 is 0 Å². The van der Waals surface area contributed by atoms with Crippen LogP contribution >= 0.6 is 15.9 Å². The number of amidine groups is 1. The molecule has 2 aromatic rings. The van der Waals surface area contributed by atoms with Gasteiger partial charge in [-0.2, -0.15) is 13.2 Å². The number of rotatable bonds is 5. The lowest BCUT2D eigenvalue weighted by Gasteiger charge is -2.29. The topological polar surface area (TPSA) is 100 Å². The Hall–Kier alpha value is -2.44. The molecule has 4 atom stereocenters. The van der Waals surface area contributed by atoms with Gasteiger partial charge < -0.3 is 14.5 Å². The summed E-state index contributed by atoms with van der Waals surface area (Å²) < 4.78 is 48.6. The zero-order valence-corrected chi connectivity index (χ0v) is 20.2. The van der Waals surface area contributed by atoms with Crippen LogP contribution in [-0.2, 0) is 15.4 Å². The predicted octanol–water partition coefficient (Wildman–Crippen LogP) is 3.80. The van der Waals surface area contributed by atoms with E-state index < -0.39 is 35.9 Å². The normalized spacial score (nSPS) is 26.0. The molecule has 1 saturated heterocycles. The number of alkyl halides is 3. The number of hydrogen-bond donors (Lipinski definition) is 2. The number of nitrogens with one attached hydrogen (secondary N) is 1. The smallest absolute Gasteiger partial charge is 0.391 e. The summed E-state index contributed by atoms with van der Waals surface area (Å²) in [4.78, 5) is 23.9. The number of aryl methyl sites for hydroxylation is 1. The van der Waals surface area contributed by atoms with Crippen molar-refractivity contribution < 1.29 is 32.4 Å². The molecule has 1 aromatic carbocycles. The van der Waals surface area contributed by atoms with Crippen molar-refractivity contribution in [2.75, 3.05) is 6.54 Å². The summed E-state index contributed by atoms with van der Waals surface area (Å²) in [6.07, 6.45) is -5.81. The maximum Gasteiger partial charge on any atom is 0.445 e. The Morgan fingerprint density at radius 3 is 2.56 bits per heavy atom. The van der Waals surface area contributed by atoms with Crippen LogP contribution in [0.4, 0.5) is 13.2 Å². The standard InChI is InChI=1S/C22H24BrF3N4O4/c1-11(2)18(17-8-12(3)28-33-17)20(32)30-10-15(31)9-16(30)19-27-21(34-29-19,22(24,25)26)13-4-6-14(23)7-5-13/h4-8,11,15-16,18,31H,9-10H2,1-3H3,(H,27,29)/t15-,16+,18-,21-/m1/s1. The highest BCUT2D eigenvalue weighted by molar-refractivity contribution is 9.10. The summed E-state index contributed by atoms with van der Waals surface area (Å²) in [5.74, 6) is -1.14. The van der Waals surface area contributed by atoms with Crippen molar-refractivity contribution in [1.82, 2.24) is 15.5 Å². The van der Waals surface area contributed by atoms with Gasteiger partial charge in [-0.15, -0.1) is 0 Å². The van der Waals surface area contributed by atoms with E-state index in [4.69, 9.17) is 9.36 Å². The molecule has 0 saturated carbocycles. The molecule has 2 aliphatic rings. The molecule has 12 heteroatoms. The highest BCUT2D eigenvalue weighted by Crippen LogP contribution is 2.46. The lowest BCUT2D eigenvalue weighted by Crippen LogP contribution is -2.47. The summed E-state index contributed by atoms with van der Waals surface area (Å²) in [7, 11) is 0. The van der Waals surface area contributed by atoms with Crippen molar-refractivity contribution in [3.63, 3.8) is 0 Å². The summed E-state index contributed by atoms with van der Waals surface area (Å²) in [5.41, 5.74) is -0.297. The van der Waals surface area contributed by atoms with E-state index in [-0.39, 0.29) is 30.3 Å². The molecule has 0 bridgehead atoms. The first-order valence-corrected chi connectivity index (χ1v) is 11.5. The first kappa shape index (κ1) is 24.7. The van der Waals surface area contributed by atoms with Crippen molar-refractivity contribution in [2.45, 2.75) is 57.2 Å². The van der Waals surface area contributed by atoms with Gasteiger partial charge in [-0.1, -0.05) is 47.1 Å². The number of aliphatic hydroxyl groups is 1. The van der Waals surface area contributed by atoms with Gasteiger partial charge in [0.2, 0.25) is 5.91 Å². The Morgan fingerprint density at radius 2 is 2.00 bits per heavy atom. The number of likely N-dealkylation sites (tertiary alicyclic amines) is 1. The Labute approximate surface area is 202 Å². The molecular formula is C22H24BrF3N4O4. The SMILES string of the molecule is Cc1cc([C@H](C(=O)N2C[C@H](O)C[C@H]2C2=N[C@@](c3ccc(Br)cc3)(C(F)(F)F)ON2)C(C)C)on1. The van der Waals surface area contributed by atoms with E-state index in [9.17, 15) is 23.1 Å². The summed E-state index contributed by atoms with van der Waals surface area (Å²) in [6, 6.07) is 6.16. The molecule has 8 nitrogen and oxygen atoms in total. The average Bonchev–Trinajstić information content (AvgIpc) is 3.46. The van der Waals surface area contributed by atoms with Crippen LogP contribution in [0.5, 0.6) is 0 Å². The van der Waals surface area contributed by atoms with Crippen molar-refractivity contribution in [3.05, 3.63) is 51.8 Å². The molecule has 184 valence electrons. The van der Waals surface area contributed by atoms with Crippen LogP contribution < -0.4 is 5.48 Å². The van der Waals surface area contributed by atoms with Crippen molar-refractivity contribution >= 4 is 27.7 Å². The van der Waals surface area contributed by atoms with Crippen LogP contribution in [0.25, 0.3) is 0 Å². The lowest BCUT2D eigenvalue weighted by molar-refractivity contribution is -0.285. The van der Waals surface area contributed by atoms with Crippen LogP contribution in [0.1, 0.15) is 43.2 Å². The van der Waals surface area contributed by atoms with Gasteiger partial charge in [0, 0.05) is 29.1 Å². The minimum atomic E-state index is -4.89. The Balaban J connectivity index is 1.70. The molecule has 2 N–H and O–H groups in total. The number of halogens is 4. The number of nitrogens with zero attached hydrogens (tertiary/aromatic N) is 3. The molecular weight excluding hydrogens is 521 g/mol. The largest absolute Gasteiger partial charge is 0.445 e. The molecule has 2 aliphatic heterocycles. The summed E-state index contributed by atoms with van der Waals surface area (Å²) >= 11 is 3.21. The highest BCUT2D eigenvalue weighted by atomic mass is 79.9. The molecule has 1 aromatic heterocycles. The minimum absolute atomic E-state index is 0.00938. The predicted molar refractivity (Wildman–Crippen MR) is 118 cm³/mol. The van der Waals surface area contributed by atoms with Crippen molar-refractivity contribution in [2.24, 2.45) is 10.9 Å². The maximum atomic E-state index is 14.2. The van der Waals surface area contributed by atoms with Crippen LogP contribution in [0.2, 0.25) is 0 Å². The quantitative estimate of drug-likeness (QED) is 0.593. The molecule has 0 unspecified atom stereocenters. The fraction of sp³-hybridized carbons (Fsp3) is 0.500. The first-order valence-electron chi connectivity index (χ1n) is 10.7. The Bertz CT molecular complexity index is 1090. The number of β-amino-alcohol motifs (C(OH)–C–C–N with tert-alkyl or cyclic N) is 1. The number of carbonyl (C=O) groups excluding carboxylic acids is 1. The average molecular weight is 545 g/mol. The zero-order chi connectivity index (χ0) is 24.8. The van der Waals surface area contributed by atoms with Gasteiger partial charge in [0.05, 0.1) is 17.8 Å². The second kappa shape index (κ2) is 8.97. The number of hydroxylamine groups is 1. The minimum Gasteiger partial charge on any atom is -0.391 e. The number of carbonyl (C=O) groups is 1. The van der Waals surface area contributed by atoms with E-state index in [0.717, 1.165) is 0 Å². The van der Waals surface area contributed by atoms with Crippen LogP contribution in [0, 0.1) is 12.8 Å². The third-order valence-corrected chi connectivity index (χ3v) is 6.49. The monoisotopic (exact) mass is 544 g/mol. The van der Waals surface area contributed by atoms with E-state index in [1.165, 1.54) is 29.2 Å². The molecule has 3 heterocycles. The maximum absolute atomic E-state index is 14.2. The number of benzene rings is 1. The Kier molecular flexibility index (Phi) is 6.51.